The Hall–Kier alpha value is -3.86. The van der Waals surface area contributed by atoms with E-state index in [1.165, 1.54) is 6.21 Å². The van der Waals surface area contributed by atoms with Crippen molar-refractivity contribution in [2.24, 2.45) is 5.10 Å². The lowest BCUT2D eigenvalue weighted by molar-refractivity contribution is 0.0948. The van der Waals surface area contributed by atoms with Gasteiger partial charge < -0.3 is 5.73 Å². The van der Waals surface area contributed by atoms with Crippen LogP contribution in [0.2, 0.25) is 0 Å². The molecule has 4 aromatic rings. The normalized spacial score (nSPS) is 11.1. The maximum atomic E-state index is 12.9. The largest absolute Gasteiger partial charge is 0.378 e. The molecular weight excluding hydrogens is 440 g/mol. The first-order chi connectivity index (χ1) is 14.1. The molecule has 0 spiro atoms. The number of nitrogens with zero attached hydrogens (tertiary/aromatic N) is 6. The van der Waals surface area contributed by atoms with Gasteiger partial charge >= 0.3 is 0 Å². The number of amides is 1. The average molecular weight is 453 g/mol. The van der Waals surface area contributed by atoms with Crippen molar-refractivity contribution in [3.8, 4) is 17.1 Å². The van der Waals surface area contributed by atoms with Crippen molar-refractivity contribution in [3.63, 3.8) is 0 Å². The van der Waals surface area contributed by atoms with Crippen LogP contribution in [-0.4, -0.2) is 37.4 Å². The molecule has 2 aromatic heterocycles. The van der Waals surface area contributed by atoms with Crippen LogP contribution in [0.4, 0.5) is 5.82 Å². The van der Waals surface area contributed by atoms with Gasteiger partial charge in [0, 0.05) is 10.0 Å². The zero-order valence-electron chi connectivity index (χ0n) is 14.7. The number of carbonyl (C=O) groups excluding carboxylic acids is 1. The lowest BCUT2D eigenvalue weighted by Gasteiger charge is -2.04. The molecule has 4 rings (SSSR count). The Morgan fingerprint density at radius 2 is 2.00 bits per heavy atom. The highest BCUT2D eigenvalue weighted by Crippen LogP contribution is 2.24. The van der Waals surface area contributed by atoms with Gasteiger partial charge in [-0.1, -0.05) is 63.6 Å². The minimum Gasteiger partial charge on any atom is -0.378 e. The molecule has 0 radical (unpaired) electrons. The topological polar surface area (TPSA) is 137 Å². The lowest BCUT2D eigenvalue weighted by atomic mass is 10.1. The zero-order chi connectivity index (χ0) is 20.2. The van der Waals surface area contributed by atoms with Gasteiger partial charge in [0.1, 0.15) is 5.69 Å². The van der Waals surface area contributed by atoms with Gasteiger partial charge in [-0.25, -0.2) is 10.1 Å². The van der Waals surface area contributed by atoms with Gasteiger partial charge in [0.2, 0.25) is 11.6 Å². The molecule has 0 atom stereocenters. The van der Waals surface area contributed by atoms with E-state index in [0.29, 0.717) is 11.3 Å². The Labute approximate surface area is 172 Å². The van der Waals surface area contributed by atoms with E-state index in [-0.39, 0.29) is 17.3 Å². The molecule has 11 heteroatoms. The Bertz CT molecular complexity index is 1190. The van der Waals surface area contributed by atoms with Gasteiger partial charge in [-0.05, 0) is 28.0 Å². The highest BCUT2D eigenvalue weighted by Gasteiger charge is 2.25. The number of aromatic nitrogens is 5. The molecular formula is C18H13BrN8O2. The molecule has 0 saturated carbocycles. The van der Waals surface area contributed by atoms with Crippen LogP contribution in [-0.2, 0) is 0 Å². The predicted molar refractivity (Wildman–Crippen MR) is 108 cm³/mol. The highest BCUT2D eigenvalue weighted by atomic mass is 79.9. The number of hydrogen-bond donors (Lipinski definition) is 2. The van der Waals surface area contributed by atoms with Crippen LogP contribution in [0.25, 0.3) is 17.1 Å². The van der Waals surface area contributed by atoms with Gasteiger partial charge in [0.15, 0.2) is 5.69 Å². The fourth-order valence-electron chi connectivity index (χ4n) is 2.57. The zero-order valence-corrected chi connectivity index (χ0v) is 16.3. The van der Waals surface area contributed by atoms with Crippen LogP contribution in [0.15, 0.2) is 68.8 Å². The number of benzene rings is 2. The molecule has 0 aliphatic rings. The minimum absolute atomic E-state index is 0.0267. The quantitative estimate of drug-likeness (QED) is 0.350. The van der Waals surface area contributed by atoms with E-state index in [9.17, 15) is 4.79 Å². The Kier molecular flexibility index (Phi) is 5.12. The van der Waals surface area contributed by atoms with Crippen LogP contribution in [0.1, 0.15) is 16.1 Å². The first-order valence-corrected chi connectivity index (χ1v) is 9.11. The van der Waals surface area contributed by atoms with E-state index in [1.54, 1.807) is 12.1 Å². The summed E-state index contributed by atoms with van der Waals surface area (Å²) in [7, 11) is 0. The van der Waals surface area contributed by atoms with Crippen LogP contribution >= 0.6 is 15.9 Å². The number of hydrazone groups is 1. The first kappa shape index (κ1) is 18.5. The third-order valence-corrected chi connectivity index (χ3v) is 4.35. The second-order valence-corrected chi connectivity index (χ2v) is 6.71. The molecule has 10 nitrogen and oxygen atoms in total. The number of rotatable bonds is 5. The van der Waals surface area contributed by atoms with Crippen molar-refractivity contribution in [1.82, 2.24) is 30.7 Å². The molecule has 2 heterocycles. The fraction of sp³-hybridized carbons (Fsp3) is 0. The van der Waals surface area contributed by atoms with E-state index in [1.807, 2.05) is 42.5 Å². The summed E-state index contributed by atoms with van der Waals surface area (Å²) >= 11 is 3.39. The molecule has 0 fully saturated rings. The Morgan fingerprint density at radius 1 is 1.17 bits per heavy atom. The van der Waals surface area contributed by atoms with Gasteiger partial charge in [0.25, 0.3) is 5.91 Å². The summed E-state index contributed by atoms with van der Waals surface area (Å²) in [6.07, 6.45) is 1.52. The maximum absolute atomic E-state index is 12.9. The Balaban J connectivity index is 1.69. The van der Waals surface area contributed by atoms with Gasteiger partial charge in [-0.15, -0.1) is 5.10 Å². The van der Waals surface area contributed by atoms with E-state index < -0.39 is 5.91 Å². The minimum atomic E-state index is -0.553. The van der Waals surface area contributed by atoms with Gasteiger partial charge in [-0.2, -0.15) is 9.78 Å². The van der Waals surface area contributed by atoms with Crippen molar-refractivity contribution in [2.45, 2.75) is 0 Å². The summed E-state index contributed by atoms with van der Waals surface area (Å²) in [6.45, 7) is 0. The number of carbonyl (C=O) groups is 1. The summed E-state index contributed by atoms with van der Waals surface area (Å²) in [5, 5.41) is 19.3. The lowest BCUT2D eigenvalue weighted by Crippen LogP contribution is -2.22. The van der Waals surface area contributed by atoms with Crippen molar-refractivity contribution in [3.05, 3.63) is 70.3 Å². The molecule has 1 amide bonds. The average Bonchev–Trinajstić information content (AvgIpc) is 3.34. The van der Waals surface area contributed by atoms with Gasteiger partial charge in [0.05, 0.1) is 6.21 Å². The molecule has 2 aromatic carbocycles. The number of nitrogen functional groups attached to an aromatic ring is 1. The SMILES string of the molecule is Nc1nonc1-n1nnc(-c2ccccc2)c1C(=O)N/N=C\c1cccc(Br)c1. The summed E-state index contributed by atoms with van der Waals surface area (Å²) < 4.78 is 6.68. The van der Waals surface area contributed by atoms with Crippen molar-refractivity contribution in [1.29, 1.82) is 0 Å². The van der Waals surface area contributed by atoms with E-state index >= 15 is 0 Å². The number of hydrogen-bond acceptors (Lipinski definition) is 8. The molecule has 0 unspecified atom stereocenters. The van der Waals surface area contributed by atoms with E-state index in [2.05, 4.69) is 51.7 Å². The monoisotopic (exact) mass is 452 g/mol. The molecule has 0 saturated heterocycles. The second kappa shape index (κ2) is 8.02. The van der Waals surface area contributed by atoms with Crippen molar-refractivity contribution in [2.75, 3.05) is 5.73 Å². The first-order valence-electron chi connectivity index (χ1n) is 8.32. The summed E-state index contributed by atoms with van der Waals surface area (Å²) in [6, 6.07) is 16.6. The molecule has 0 aliphatic heterocycles. The number of halogens is 1. The second-order valence-electron chi connectivity index (χ2n) is 5.79. The van der Waals surface area contributed by atoms with Crippen LogP contribution in [0.5, 0.6) is 0 Å². The van der Waals surface area contributed by atoms with Crippen molar-refractivity contribution < 1.29 is 9.42 Å². The van der Waals surface area contributed by atoms with Crippen molar-refractivity contribution >= 4 is 33.9 Å². The highest BCUT2D eigenvalue weighted by molar-refractivity contribution is 9.10. The van der Waals surface area contributed by atoms with Gasteiger partial charge in [-0.3, -0.25) is 4.79 Å². The smallest absolute Gasteiger partial charge is 0.292 e. The molecule has 29 heavy (non-hydrogen) atoms. The van der Waals surface area contributed by atoms with Crippen LogP contribution in [0, 0.1) is 0 Å². The molecule has 144 valence electrons. The Morgan fingerprint density at radius 3 is 2.72 bits per heavy atom. The fourth-order valence-corrected chi connectivity index (χ4v) is 2.98. The summed E-state index contributed by atoms with van der Waals surface area (Å²) in [5.41, 5.74) is 10.2. The summed E-state index contributed by atoms with van der Waals surface area (Å²) in [5.74, 6) is -0.524. The predicted octanol–water partition coefficient (Wildman–Crippen LogP) is 2.43. The standard InChI is InChI=1S/C18H13BrN8O2/c19-13-8-4-5-11(9-13)10-21-23-18(28)15-14(12-6-2-1-3-7-12)22-26-27(15)17-16(20)24-29-25-17/h1-10H,(H2,20,24)(H,23,28)/b21-10-. The molecule has 3 N–H and O–H groups in total. The number of nitrogens with two attached hydrogens (primary N) is 1. The molecule has 0 bridgehead atoms. The summed E-state index contributed by atoms with van der Waals surface area (Å²) in [4.78, 5) is 12.9. The van der Waals surface area contributed by atoms with E-state index in [0.717, 1.165) is 14.7 Å². The third-order valence-electron chi connectivity index (χ3n) is 3.86. The maximum Gasteiger partial charge on any atom is 0.292 e. The number of nitrogens with one attached hydrogen (secondary N) is 1. The van der Waals surface area contributed by atoms with Crippen LogP contribution in [0.3, 0.4) is 0 Å². The third kappa shape index (κ3) is 3.89. The molecule has 0 aliphatic carbocycles. The van der Waals surface area contributed by atoms with Crippen LogP contribution < -0.4 is 11.2 Å². The van der Waals surface area contributed by atoms with E-state index in [4.69, 9.17) is 5.73 Å². The number of anilines is 1.